The van der Waals surface area contributed by atoms with Crippen molar-refractivity contribution in [3.8, 4) is 0 Å². The van der Waals surface area contributed by atoms with Crippen molar-refractivity contribution < 1.29 is 14.7 Å². The first-order valence-corrected chi connectivity index (χ1v) is 8.33. The highest BCUT2D eigenvalue weighted by atomic mass is 32.1. The Morgan fingerprint density at radius 3 is 2.62 bits per heavy atom. The zero-order valence-electron chi connectivity index (χ0n) is 12.6. The van der Waals surface area contributed by atoms with Crippen molar-refractivity contribution in [2.24, 2.45) is 5.92 Å². The molecule has 116 valence electrons. The molecule has 0 spiro atoms. The monoisotopic (exact) mass is 309 g/mol. The summed E-state index contributed by atoms with van der Waals surface area (Å²) in [6.45, 7) is 4.01. The molecule has 1 aromatic heterocycles. The van der Waals surface area contributed by atoms with E-state index in [2.05, 4.69) is 5.32 Å². The van der Waals surface area contributed by atoms with Crippen LogP contribution >= 0.6 is 11.3 Å². The second kappa shape index (κ2) is 7.18. The molecule has 2 N–H and O–H groups in total. The van der Waals surface area contributed by atoms with Gasteiger partial charge in [-0.2, -0.15) is 0 Å². The minimum atomic E-state index is -0.0849. The lowest BCUT2D eigenvalue weighted by Crippen LogP contribution is -2.37. The van der Waals surface area contributed by atoms with Gasteiger partial charge in [0.05, 0.1) is 0 Å². The topological polar surface area (TPSA) is 66.4 Å². The van der Waals surface area contributed by atoms with E-state index < -0.39 is 0 Å². The van der Waals surface area contributed by atoms with Gasteiger partial charge in [-0.1, -0.05) is 0 Å². The summed E-state index contributed by atoms with van der Waals surface area (Å²) in [5, 5.41) is 12.0. The van der Waals surface area contributed by atoms with Gasteiger partial charge in [0.1, 0.15) is 0 Å². The van der Waals surface area contributed by atoms with Gasteiger partial charge in [0, 0.05) is 40.8 Å². The van der Waals surface area contributed by atoms with Crippen molar-refractivity contribution in [2.75, 3.05) is 6.61 Å². The van der Waals surface area contributed by atoms with Gasteiger partial charge in [-0.15, -0.1) is 11.3 Å². The van der Waals surface area contributed by atoms with Gasteiger partial charge in [0.15, 0.2) is 5.78 Å². The minimum absolute atomic E-state index is 0.0390. The number of hydrogen-bond donors (Lipinski definition) is 2. The summed E-state index contributed by atoms with van der Waals surface area (Å²) < 4.78 is 0. The van der Waals surface area contributed by atoms with Crippen molar-refractivity contribution in [1.29, 1.82) is 0 Å². The highest BCUT2D eigenvalue weighted by molar-refractivity contribution is 7.12. The molecule has 0 saturated heterocycles. The number of hydrogen-bond acceptors (Lipinski definition) is 4. The fraction of sp³-hybridized carbons (Fsp3) is 0.625. The van der Waals surface area contributed by atoms with Crippen molar-refractivity contribution in [3.63, 3.8) is 0 Å². The van der Waals surface area contributed by atoms with Crippen LogP contribution in [0.3, 0.4) is 0 Å². The summed E-state index contributed by atoms with van der Waals surface area (Å²) in [6, 6.07) is 1.97. The molecule has 21 heavy (non-hydrogen) atoms. The fourth-order valence-electron chi connectivity index (χ4n) is 2.61. The number of ketones is 1. The van der Waals surface area contributed by atoms with E-state index in [4.69, 9.17) is 5.11 Å². The van der Waals surface area contributed by atoms with Crippen LogP contribution in [0.2, 0.25) is 0 Å². The van der Waals surface area contributed by atoms with Gasteiger partial charge >= 0.3 is 0 Å². The van der Waals surface area contributed by atoms with Gasteiger partial charge in [0.25, 0.3) is 0 Å². The number of nitrogens with one attached hydrogen (secondary N) is 1. The molecule has 1 heterocycles. The minimum Gasteiger partial charge on any atom is -0.396 e. The number of rotatable bonds is 8. The molecule has 1 saturated carbocycles. The van der Waals surface area contributed by atoms with Crippen LogP contribution in [0.5, 0.6) is 0 Å². The first-order valence-electron chi connectivity index (χ1n) is 7.51. The Labute approximate surface area is 129 Å². The second-order valence-electron chi connectivity index (χ2n) is 5.77. The quantitative estimate of drug-likeness (QED) is 0.725. The molecular weight excluding hydrogens is 286 g/mol. The molecule has 0 bridgehead atoms. The van der Waals surface area contributed by atoms with Crippen LogP contribution in [-0.2, 0) is 4.79 Å². The SMILES string of the molecule is Cc1cc(C(=O)CCC(=O)NC(CCO)C2CC2)c(C)s1. The predicted octanol–water partition coefficient (Wildman–Crippen LogP) is 2.61. The molecule has 1 aliphatic carbocycles. The molecule has 2 rings (SSSR count). The van der Waals surface area contributed by atoms with E-state index in [1.807, 2.05) is 19.9 Å². The number of carbonyl (C=O) groups is 2. The normalized spacial score (nSPS) is 15.8. The van der Waals surface area contributed by atoms with E-state index in [1.54, 1.807) is 11.3 Å². The van der Waals surface area contributed by atoms with Crippen LogP contribution in [-0.4, -0.2) is 29.4 Å². The number of aryl methyl sites for hydroxylation is 2. The van der Waals surface area contributed by atoms with Crippen LogP contribution in [0.1, 0.15) is 52.2 Å². The van der Waals surface area contributed by atoms with Gasteiger partial charge in [-0.3, -0.25) is 9.59 Å². The molecule has 0 radical (unpaired) electrons. The maximum Gasteiger partial charge on any atom is 0.220 e. The molecule has 5 heteroatoms. The second-order valence-corrected chi connectivity index (χ2v) is 7.23. The molecule has 0 aromatic carbocycles. The zero-order chi connectivity index (χ0) is 15.4. The number of Topliss-reactive ketones (excluding diaryl/α,β-unsaturated/α-hetero) is 1. The number of amides is 1. The van der Waals surface area contributed by atoms with E-state index in [0.717, 1.165) is 28.2 Å². The third kappa shape index (κ3) is 4.64. The summed E-state index contributed by atoms with van der Waals surface area (Å²) in [4.78, 5) is 26.2. The number of aliphatic hydroxyl groups is 1. The third-order valence-electron chi connectivity index (χ3n) is 3.90. The number of aliphatic hydroxyl groups excluding tert-OH is 1. The van der Waals surface area contributed by atoms with Crippen LogP contribution in [0.15, 0.2) is 6.07 Å². The van der Waals surface area contributed by atoms with E-state index >= 15 is 0 Å². The zero-order valence-corrected chi connectivity index (χ0v) is 13.5. The highest BCUT2D eigenvalue weighted by Gasteiger charge is 2.31. The summed E-state index contributed by atoms with van der Waals surface area (Å²) >= 11 is 1.61. The lowest BCUT2D eigenvalue weighted by molar-refractivity contribution is -0.122. The Hall–Kier alpha value is -1.20. The third-order valence-corrected chi connectivity index (χ3v) is 4.86. The van der Waals surface area contributed by atoms with Crippen molar-refractivity contribution in [2.45, 2.75) is 52.0 Å². The Morgan fingerprint density at radius 2 is 2.10 bits per heavy atom. The maximum atomic E-state index is 12.1. The summed E-state index contributed by atoms with van der Waals surface area (Å²) in [7, 11) is 0. The van der Waals surface area contributed by atoms with Gasteiger partial charge in [0.2, 0.25) is 5.91 Å². The van der Waals surface area contributed by atoms with E-state index in [9.17, 15) is 9.59 Å². The lowest BCUT2D eigenvalue weighted by Gasteiger charge is -2.16. The van der Waals surface area contributed by atoms with Crippen LogP contribution in [0.25, 0.3) is 0 Å². The average Bonchev–Trinajstić information content (AvgIpc) is 3.21. The molecule has 1 amide bonds. The fourth-order valence-corrected chi connectivity index (χ4v) is 3.55. The van der Waals surface area contributed by atoms with Crippen LogP contribution in [0, 0.1) is 19.8 Å². The van der Waals surface area contributed by atoms with E-state index in [-0.39, 0.29) is 37.2 Å². The Balaban J connectivity index is 1.80. The largest absolute Gasteiger partial charge is 0.396 e. The van der Waals surface area contributed by atoms with Gasteiger partial charge in [-0.05, 0) is 45.1 Å². The molecule has 1 unspecified atom stereocenters. The first kappa shape index (κ1) is 16.2. The molecule has 1 aliphatic rings. The summed E-state index contributed by atoms with van der Waals surface area (Å²) in [5.41, 5.74) is 0.749. The molecule has 1 fully saturated rings. The lowest BCUT2D eigenvalue weighted by atomic mass is 10.1. The number of carbonyl (C=O) groups excluding carboxylic acids is 2. The van der Waals surface area contributed by atoms with Crippen molar-refractivity contribution >= 4 is 23.0 Å². The molecule has 1 aromatic rings. The summed E-state index contributed by atoms with van der Waals surface area (Å²) in [5.74, 6) is 0.467. The highest BCUT2D eigenvalue weighted by Crippen LogP contribution is 2.34. The maximum absolute atomic E-state index is 12.1. The summed E-state index contributed by atoms with van der Waals surface area (Å²) in [6.07, 6.45) is 3.32. The standard InChI is InChI=1S/C16H23NO3S/c1-10-9-13(11(2)21-10)15(19)5-6-16(20)17-14(7-8-18)12-3-4-12/h9,12,14,18H,3-8H2,1-2H3,(H,17,20). The first-order chi connectivity index (χ1) is 10.0. The van der Waals surface area contributed by atoms with E-state index in [1.165, 1.54) is 0 Å². The molecule has 0 aliphatic heterocycles. The van der Waals surface area contributed by atoms with Crippen molar-refractivity contribution in [3.05, 3.63) is 21.4 Å². The smallest absolute Gasteiger partial charge is 0.220 e. The number of thiophene rings is 1. The Kier molecular flexibility index (Phi) is 5.53. The van der Waals surface area contributed by atoms with Crippen molar-refractivity contribution in [1.82, 2.24) is 5.32 Å². The average molecular weight is 309 g/mol. The van der Waals surface area contributed by atoms with Crippen LogP contribution < -0.4 is 5.32 Å². The van der Waals surface area contributed by atoms with E-state index in [0.29, 0.717) is 12.3 Å². The van der Waals surface area contributed by atoms with Gasteiger partial charge < -0.3 is 10.4 Å². The van der Waals surface area contributed by atoms with Crippen LogP contribution in [0.4, 0.5) is 0 Å². The Morgan fingerprint density at radius 1 is 1.38 bits per heavy atom. The molecular formula is C16H23NO3S. The molecule has 4 nitrogen and oxygen atoms in total. The Bertz CT molecular complexity index is 520. The predicted molar refractivity (Wildman–Crippen MR) is 83.7 cm³/mol. The van der Waals surface area contributed by atoms with Gasteiger partial charge in [-0.25, -0.2) is 0 Å². The molecule has 1 atom stereocenters.